The number of nitrogens with zero attached hydrogens (tertiary/aromatic N) is 1. The van der Waals surface area contributed by atoms with E-state index >= 15 is 0 Å². The molecular weight excluding hydrogens is 241 g/mol. The quantitative estimate of drug-likeness (QED) is 0.764. The molecule has 1 aliphatic rings. The van der Waals surface area contributed by atoms with Crippen LogP contribution in [0.15, 0.2) is 24.3 Å². The molecule has 0 N–H and O–H groups in total. The van der Waals surface area contributed by atoms with E-state index in [9.17, 15) is 9.18 Å². The highest BCUT2D eigenvalue weighted by atomic mass is 19.1. The van der Waals surface area contributed by atoms with Gasteiger partial charge in [-0.3, -0.25) is 4.79 Å². The fraction of sp³-hybridized carbons (Fsp3) is 0.562. The number of carbonyl (C=O) groups excluding carboxylic acids is 1. The van der Waals surface area contributed by atoms with Crippen molar-refractivity contribution in [2.75, 3.05) is 7.05 Å². The van der Waals surface area contributed by atoms with Crippen molar-refractivity contribution >= 4 is 5.91 Å². The molecule has 1 aromatic rings. The summed E-state index contributed by atoms with van der Waals surface area (Å²) in [6.45, 7) is 0. The Kier molecular flexibility index (Phi) is 4.94. The fourth-order valence-corrected chi connectivity index (χ4v) is 2.78. The summed E-state index contributed by atoms with van der Waals surface area (Å²) in [5, 5.41) is 0. The van der Waals surface area contributed by atoms with Gasteiger partial charge in [-0.1, -0.05) is 43.9 Å². The topological polar surface area (TPSA) is 20.3 Å². The van der Waals surface area contributed by atoms with Gasteiger partial charge in [0.1, 0.15) is 5.82 Å². The van der Waals surface area contributed by atoms with Crippen LogP contribution in [-0.2, 0) is 11.2 Å². The van der Waals surface area contributed by atoms with E-state index in [4.69, 9.17) is 0 Å². The van der Waals surface area contributed by atoms with Crippen LogP contribution >= 0.6 is 0 Å². The second-order valence-electron chi connectivity index (χ2n) is 5.42. The van der Waals surface area contributed by atoms with E-state index in [2.05, 4.69) is 0 Å². The van der Waals surface area contributed by atoms with Gasteiger partial charge in [0.15, 0.2) is 0 Å². The summed E-state index contributed by atoms with van der Waals surface area (Å²) in [4.78, 5) is 14.1. The van der Waals surface area contributed by atoms with E-state index in [1.807, 2.05) is 11.9 Å². The Labute approximate surface area is 114 Å². The van der Waals surface area contributed by atoms with E-state index in [-0.39, 0.29) is 18.1 Å². The summed E-state index contributed by atoms with van der Waals surface area (Å²) < 4.78 is 13.5. The minimum Gasteiger partial charge on any atom is -0.342 e. The summed E-state index contributed by atoms with van der Waals surface area (Å²) >= 11 is 0. The van der Waals surface area contributed by atoms with Crippen molar-refractivity contribution in [3.63, 3.8) is 0 Å². The van der Waals surface area contributed by atoms with Crippen molar-refractivity contribution in [1.29, 1.82) is 0 Å². The van der Waals surface area contributed by atoms with Crippen molar-refractivity contribution < 1.29 is 9.18 Å². The van der Waals surface area contributed by atoms with E-state index < -0.39 is 0 Å². The number of likely N-dealkylation sites (N-methyl/N-ethyl adjacent to an activating group) is 1. The highest BCUT2D eigenvalue weighted by Crippen LogP contribution is 2.21. The Hall–Kier alpha value is -1.38. The highest BCUT2D eigenvalue weighted by molar-refractivity contribution is 5.78. The van der Waals surface area contributed by atoms with Gasteiger partial charge in [0, 0.05) is 13.1 Å². The fourth-order valence-electron chi connectivity index (χ4n) is 2.78. The molecule has 1 amide bonds. The second-order valence-corrected chi connectivity index (χ2v) is 5.42. The zero-order valence-corrected chi connectivity index (χ0v) is 11.6. The van der Waals surface area contributed by atoms with Crippen molar-refractivity contribution in [3.05, 3.63) is 35.6 Å². The van der Waals surface area contributed by atoms with E-state index in [0.29, 0.717) is 11.6 Å². The van der Waals surface area contributed by atoms with E-state index in [1.165, 1.54) is 31.7 Å². The molecule has 1 saturated carbocycles. The third-order valence-electron chi connectivity index (χ3n) is 4.07. The minimum atomic E-state index is -0.287. The highest BCUT2D eigenvalue weighted by Gasteiger charge is 2.21. The van der Waals surface area contributed by atoms with Crippen LogP contribution in [0, 0.1) is 5.82 Å². The number of benzene rings is 1. The van der Waals surface area contributed by atoms with Gasteiger partial charge in [-0.2, -0.15) is 0 Å². The van der Waals surface area contributed by atoms with E-state index in [1.54, 1.807) is 18.2 Å². The molecule has 0 spiro atoms. The first kappa shape index (κ1) is 14.0. The lowest BCUT2D eigenvalue weighted by molar-refractivity contribution is -0.131. The molecule has 0 saturated heterocycles. The number of amides is 1. The van der Waals surface area contributed by atoms with Crippen LogP contribution < -0.4 is 0 Å². The SMILES string of the molecule is CN(C(=O)Cc1ccccc1F)C1CCCCCC1. The maximum absolute atomic E-state index is 13.5. The van der Waals surface area contributed by atoms with Gasteiger partial charge in [0.2, 0.25) is 5.91 Å². The Morgan fingerprint density at radius 2 is 1.84 bits per heavy atom. The van der Waals surface area contributed by atoms with Gasteiger partial charge >= 0.3 is 0 Å². The molecule has 0 aromatic heterocycles. The molecule has 0 unspecified atom stereocenters. The van der Waals surface area contributed by atoms with Crippen molar-refractivity contribution in [2.24, 2.45) is 0 Å². The second kappa shape index (κ2) is 6.69. The molecule has 0 bridgehead atoms. The Morgan fingerprint density at radius 1 is 1.21 bits per heavy atom. The summed E-state index contributed by atoms with van der Waals surface area (Å²) in [5.41, 5.74) is 0.493. The lowest BCUT2D eigenvalue weighted by atomic mass is 10.1. The molecule has 1 aliphatic carbocycles. The minimum absolute atomic E-state index is 0.0250. The predicted octanol–water partition coefficient (Wildman–Crippen LogP) is 3.55. The van der Waals surface area contributed by atoms with Gasteiger partial charge in [0.25, 0.3) is 0 Å². The predicted molar refractivity (Wildman–Crippen MR) is 74.4 cm³/mol. The molecule has 0 atom stereocenters. The third kappa shape index (κ3) is 3.79. The maximum Gasteiger partial charge on any atom is 0.227 e. The van der Waals surface area contributed by atoms with E-state index in [0.717, 1.165) is 12.8 Å². The molecule has 1 fully saturated rings. The molecule has 2 nitrogen and oxygen atoms in total. The average molecular weight is 263 g/mol. The first-order valence-electron chi connectivity index (χ1n) is 7.17. The standard InChI is InChI=1S/C16H22FNO/c1-18(14-9-4-2-3-5-10-14)16(19)12-13-8-6-7-11-15(13)17/h6-8,11,14H,2-5,9-10,12H2,1H3. The van der Waals surface area contributed by atoms with Gasteiger partial charge in [-0.25, -0.2) is 4.39 Å². The molecule has 0 aliphatic heterocycles. The lowest BCUT2D eigenvalue weighted by Gasteiger charge is -2.27. The van der Waals surface area contributed by atoms with Crippen molar-refractivity contribution in [2.45, 2.75) is 51.0 Å². The Morgan fingerprint density at radius 3 is 2.47 bits per heavy atom. The summed E-state index contributed by atoms with van der Waals surface area (Å²) in [7, 11) is 1.86. The molecule has 0 radical (unpaired) electrons. The van der Waals surface area contributed by atoms with Gasteiger partial charge in [-0.05, 0) is 24.5 Å². The van der Waals surface area contributed by atoms with Crippen LogP contribution in [0.25, 0.3) is 0 Å². The van der Waals surface area contributed by atoms with Gasteiger partial charge in [-0.15, -0.1) is 0 Å². The first-order valence-corrected chi connectivity index (χ1v) is 7.17. The van der Waals surface area contributed by atoms with Crippen molar-refractivity contribution in [3.8, 4) is 0 Å². The van der Waals surface area contributed by atoms with Crippen LogP contribution in [-0.4, -0.2) is 23.9 Å². The number of hydrogen-bond acceptors (Lipinski definition) is 1. The van der Waals surface area contributed by atoms with Gasteiger partial charge in [0.05, 0.1) is 6.42 Å². The number of halogens is 1. The Bertz CT molecular complexity index is 425. The summed E-state index contributed by atoms with van der Waals surface area (Å²) in [6.07, 6.45) is 7.26. The van der Waals surface area contributed by atoms with Crippen LogP contribution in [0.2, 0.25) is 0 Å². The molecule has 3 heteroatoms. The van der Waals surface area contributed by atoms with Crippen LogP contribution in [0.4, 0.5) is 4.39 Å². The largest absolute Gasteiger partial charge is 0.342 e. The number of hydrogen-bond donors (Lipinski definition) is 0. The summed E-state index contributed by atoms with van der Waals surface area (Å²) in [6, 6.07) is 6.86. The smallest absolute Gasteiger partial charge is 0.227 e. The van der Waals surface area contributed by atoms with Crippen molar-refractivity contribution in [1.82, 2.24) is 4.90 Å². The number of carbonyl (C=O) groups is 1. The molecular formula is C16H22FNO. The zero-order chi connectivity index (χ0) is 13.7. The normalized spacial score (nSPS) is 16.9. The number of rotatable bonds is 3. The third-order valence-corrected chi connectivity index (χ3v) is 4.07. The molecule has 19 heavy (non-hydrogen) atoms. The molecule has 0 heterocycles. The monoisotopic (exact) mass is 263 g/mol. The summed E-state index contributed by atoms with van der Waals surface area (Å²) in [5.74, 6) is -0.262. The van der Waals surface area contributed by atoms with Crippen LogP contribution in [0.5, 0.6) is 0 Å². The zero-order valence-electron chi connectivity index (χ0n) is 11.6. The average Bonchev–Trinajstić information content (AvgIpc) is 2.69. The maximum atomic E-state index is 13.5. The molecule has 104 valence electrons. The van der Waals surface area contributed by atoms with Crippen LogP contribution in [0.1, 0.15) is 44.1 Å². The van der Waals surface area contributed by atoms with Crippen LogP contribution in [0.3, 0.4) is 0 Å². The van der Waals surface area contributed by atoms with Gasteiger partial charge < -0.3 is 4.90 Å². The molecule has 2 rings (SSSR count). The Balaban J connectivity index is 1.97. The molecule has 1 aromatic carbocycles. The lowest BCUT2D eigenvalue weighted by Crippen LogP contribution is -2.37. The first-order chi connectivity index (χ1) is 9.18.